The zero-order chi connectivity index (χ0) is 6.41. The Balaban J connectivity index is 0. The zero-order valence-corrected chi connectivity index (χ0v) is 11.3. The molecular weight excluding hydrogens is 344 g/mol. The van der Waals surface area contributed by atoms with E-state index in [9.17, 15) is 0 Å². The molecule has 0 fully saturated rings. The zero-order valence-electron chi connectivity index (χ0n) is 4.54. The minimum atomic E-state index is -5.44. The Morgan fingerprint density at radius 3 is 0.625 bits per heavy atom. The van der Waals surface area contributed by atoms with Gasteiger partial charge in [-0.3, -0.25) is 0 Å². The molecule has 0 atom stereocenters. The third-order valence-electron chi connectivity index (χ3n) is 0. The van der Waals surface area contributed by atoms with Gasteiger partial charge in [0, 0.05) is 41.7 Å². The van der Waals surface area contributed by atoms with E-state index in [0.29, 0.717) is 0 Å². The number of hydrogen-bond donors (Lipinski definition) is 0. The van der Waals surface area contributed by atoms with Gasteiger partial charge in [0.05, 0.1) is 0 Å². The van der Waals surface area contributed by atoms with Crippen LogP contribution in [-0.4, -0.2) is 19.8 Å². The van der Waals surface area contributed by atoms with Crippen LogP contribution in [0.15, 0.2) is 0 Å². The molecule has 0 spiro atoms. The molecule has 25 valence electrons. The van der Waals surface area contributed by atoms with Crippen molar-refractivity contribution in [3.8, 4) is 0 Å². The first-order valence-corrected chi connectivity index (χ1v) is 14.6. The van der Waals surface area contributed by atoms with Crippen LogP contribution in [0.4, 0.5) is 0 Å². The summed E-state index contributed by atoms with van der Waals surface area (Å²) in [5, 5.41) is 0. The van der Waals surface area contributed by atoms with Gasteiger partial charge in [0.2, 0.25) is 0 Å². The summed E-state index contributed by atoms with van der Waals surface area (Å²) in [4.78, 5) is 0. The molecule has 0 amide bonds. The maximum atomic E-state index is 4.94. The van der Waals surface area contributed by atoms with Gasteiger partial charge < -0.3 is 0 Å². The summed E-state index contributed by atoms with van der Waals surface area (Å²) in [6.07, 6.45) is 0. The predicted molar refractivity (Wildman–Crippen MR) is 34.5 cm³/mol. The second-order valence-electron chi connectivity index (χ2n) is 2.89. The first kappa shape index (κ1) is 13.5. The van der Waals surface area contributed by atoms with E-state index in [1.807, 2.05) is 0 Å². The summed E-state index contributed by atoms with van der Waals surface area (Å²) in [6.45, 7) is 0. The molecule has 0 radical (unpaired) electrons. The predicted octanol–water partition coefficient (Wildman–Crippen LogP) is -2.28. The van der Waals surface area contributed by atoms with Crippen LogP contribution < -0.4 is 0 Å². The van der Waals surface area contributed by atoms with Crippen LogP contribution in [0.5, 0.6) is 0 Å². The summed E-state index contributed by atoms with van der Waals surface area (Å²) >= 11 is -5.44. The summed E-state index contributed by atoms with van der Waals surface area (Å²) in [7, 11) is 0. The second-order valence-corrected chi connectivity index (χ2v) is 21.0. The van der Waals surface area contributed by atoms with Crippen LogP contribution >= 0.6 is 0 Å². The Morgan fingerprint density at radius 1 is 0.625 bits per heavy atom. The second kappa shape index (κ2) is 2.48. The summed E-state index contributed by atoms with van der Waals surface area (Å²) < 4.78 is 29.7. The molecule has 0 aliphatic heterocycles. The standard InChI is InChI=1S/6B.Ce.La. The molecule has 0 saturated carbocycles. The summed E-state index contributed by atoms with van der Waals surface area (Å²) in [5.74, 6) is 0. The van der Waals surface area contributed by atoms with Crippen LogP contribution in [0.2, 0.25) is 0 Å². The quantitative estimate of drug-likeness (QED) is 0.435. The number of rotatable bonds is 0. The van der Waals surface area contributed by atoms with Gasteiger partial charge in [0.1, 0.15) is 0 Å². The van der Waals surface area contributed by atoms with Crippen LogP contribution in [0.3, 0.4) is 0 Å². The van der Waals surface area contributed by atoms with E-state index in [4.69, 9.17) is 19.8 Å². The molecule has 0 nitrogen and oxygen atoms in total. The third kappa shape index (κ3) is 64.8. The van der Waals surface area contributed by atoms with Crippen molar-refractivity contribution in [1.29, 1.82) is 0 Å². The topological polar surface area (TPSA) is 0 Å². The third-order valence-corrected chi connectivity index (χ3v) is 0. The van der Waals surface area contributed by atoms with Crippen molar-refractivity contribution in [3.63, 3.8) is 0 Å². The fraction of sp³-hybridized carbons (Fsp3) is 0. The molecule has 0 bridgehead atoms. The first-order chi connectivity index (χ1) is 2.45. The maximum Gasteiger partial charge on any atom is 0 e. The van der Waals surface area contributed by atoms with Crippen LogP contribution in [0, 0.1) is 59.8 Å². The maximum absolute atomic E-state index is 5.44. The van der Waals surface area contributed by atoms with Gasteiger partial charge in [0.15, 0.2) is 0 Å². The van der Waals surface area contributed by atoms with E-state index in [1.54, 1.807) is 0 Å². The molecule has 0 rings (SSSR count). The number of hydrogen-bond acceptors (Lipinski definition) is 0. The van der Waals surface area contributed by atoms with Gasteiger partial charge in [-0.05, 0) is 0 Å². The van der Waals surface area contributed by atoms with E-state index in [1.165, 1.54) is 0 Å². The largest absolute Gasteiger partial charge is 0 e. The minimum Gasteiger partial charge on any atom is 0 e. The first-order valence-electron chi connectivity index (χ1n) is 2.00. The van der Waals surface area contributed by atoms with Crippen molar-refractivity contribution in [1.82, 2.24) is 0 Å². The van der Waals surface area contributed by atoms with E-state index < -0.39 is 18.1 Å². The smallest absolute Gasteiger partial charge is 0 e. The molecule has 0 heterocycles. The fourth-order valence-electron chi connectivity index (χ4n) is 0. The monoisotopic (exact) mass is 345 g/mol. The Labute approximate surface area is 77.1 Å². The SMILES string of the molecule is [B]#[La](#[B])(#[B])(#[B])(#[B])#[B].[Ce]. The molecule has 8 heteroatoms. The van der Waals surface area contributed by atoms with Crippen molar-refractivity contribution in [2.75, 3.05) is 0 Å². The average Bonchev–Trinajstić information content (AvgIpc) is 0.592. The van der Waals surface area contributed by atoms with Crippen LogP contribution in [0.25, 0.3) is 0 Å². The van der Waals surface area contributed by atoms with E-state index in [-0.39, 0.29) is 41.7 Å². The summed E-state index contributed by atoms with van der Waals surface area (Å²) in [5.41, 5.74) is 0. The van der Waals surface area contributed by atoms with Crippen LogP contribution in [0.1, 0.15) is 0 Å². The van der Waals surface area contributed by atoms with Gasteiger partial charge in [-0.25, -0.2) is 0 Å². The van der Waals surface area contributed by atoms with Crippen molar-refractivity contribution in [3.05, 3.63) is 0 Å². The average molecular weight is 344 g/mol. The van der Waals surface area contributed by atoms with E-state index in [0.717, 1.165) is 0 Å². The van der Waals surface area contributed by atoms with Crippen molar-refractivity contribution >= 4 is 19.8 Å². The Hall–Kier alpha value is 2.96. The van der Waals surface area contributed by atoms with Gasteiger partial charge in [0.25, 0.3) is 0 Å². The van der Waals surface area contributed by atoms with Crippen molar-refractivity contribution in [2.45, 2.75) is 0 Å². The molecule has 0 aromatic rings. The molecule has 0 N–H and O–H groups in total. The molecule has 0 aliphatic rings. The van der Waals surface area contributed by atoms with Gasteiger partial charge in [-0.1, -0.05) is 0 Å². The van der Waals surface area contributed by atoms with Gasteiger partial charge >= 0.3 is 37.9 Å². The molecule has 8 heavy (non-hydrogen) atoms. The van der Waals surface area contributed by atoms with Gasteiger partial charge in [-0.15, -0.1) is 0 Å². The molecular formula is B6CeLa. The van der Waals surface area contributed by atoms with E-state index in [2.05, 4.69) is 0 Å². The Kier molecular flexibility index (Phi) is 4.20. The summed E-state index contributed by atoms with van der Waals surface area (Å²) in [6, 6.07) is 0. The molecule has 0 unspecified atom stereocenters. The Bertz CT molecular complexity index is 1200. The molecule has 0 aliphatic carbocycles. The minimum absolute atomic E-state index is 0. The van der Waals surface area contributed by atoms with Gasteiger partial charge in [-0.2, -0.15) is 0 Å². The molecule has 0 aromatic heterocycles. The van der Waals surface area contributed by atoms with Crippen molar-refractivity contribution in [2.24, 2.45) is 0 Å². The normalized spacial score (nSPS) is 21.0. The van der Waals surface area contributed by atoms with E-state index >= 15 is 0 Å². The fourth-order valence-corrected chi connectivity index (χ4v) is 0. The van der Waals surface area contributed by atoms with Crippen LogP contribution in [-0.2, 0) is 0 Å². The molecule has 0 saturated heterocycles. The van der Waals surface area contributed by atoms with Crippen molar-refractivity contribution < 1.29 is 59.8 Å². The molecule has 0 aromatic carbocycles. The Morgan fingerprint density at radius 2 is 0.625 bits per heavy atom.